The number of nitrogens with one attached hydrogen (secondary N) is 1. The van der Waals surface area contributed by atoms with Crippen LogP contribution in [0.5, 0.6) is 0 Å². The van der Waals surface area contributed by atoms with Gasteiger partial charge in [-0.05, 0) is 32.6 Å². The number of carbonyl (C=O) groups is 2. The number of hydrogen-bond acceptors (Lipinski definition) is 3. The van der Waals surface area contributed by atoms with Crippen LogP contribution in [0.4, 0.5) is 0 Å². The highest BCUT2D eigenvalue weighted by atomic mass is 16.5. The van der Waals surface area contributed by atoms with Gasteiger partial charge in [0.25, 0.3) is 0 Å². The van der Waals surface area contributed by atoms with Gasteiger partial charge in [-0.15, -0.1) is 0 Å². The maximum absolute atomic E-state index is 11.6. The Kier molecular flexibility index (Phi) is 4.93. The van der Waals surface area contributed by atoms with E-state index in [1.165, 1.54) is 0 Å². The van der Waals surface area contributed by atoms with Gasteiger partial charge in [-0.2, -0.15) is 0 Å². The monoisotopic (exact) mass is 243 g/mol. The molecular formula is C12H21NO4. The number of hydrogen-bond donors (Lipinski definition) is 2. The van der Waals surface area contributed by atoms with Gasteiger partial charge in [0.05, 0.1) is 5.41 Å². The molecule has 1 rings (SSSR count). The molecule has 1 heterocycles. The summed E-state index contributed by atoms with van der Waals surface area (Å²) in [7, 11) is 0. The van der Waals surface area contributed by atoms with Crippen molar-refractivity contribution in [3.63, 3.8) is 0 Å². The third-order valence-electron chi connectivity index (χ3n) is 3.12. The maximum atomic E-state index is 11.6. The van der Waals surface area contributed by atoms with Crippen LogP contribution in [0, 0.1) is 11.3 Å². The Hall–Kier alpha value is -1.10. The van der Waals surface area contributed by atoms with Crippen LogP contribution in [0.3, 0.4) is 0 Å². The highest BCUT2D eigenvalue weighted by Gasteiger charge is 2.28. The van der Waals surface area contributed by atoms with Crippen LogP contribution in [0.25, 0.3) is 0 Å². The third-order valence-corrected chi connectivity index (χ3v) is 3.12. The number of carboxylic acid groups (broad SMARTS) is 1. The zero-order valence-corrected chi connectivity index (χ0v) is 10.5. The number of carbonyl (C=O) groups excluding carboxylic acids is 1. The zero-order chi connectivity index (χ0) is 12.9. The molecule has 0 radical (unpaired) electrons. The van der Waals surface area contributed by atoms with Gasteiger partial charge in [0.15, 0.2) is 0 Å². The molecule has 0 aromatic carbocycles. The van der Waals surface area contributed by atoms with Gasteiger partial charge >= 0.3 is 5.97 Å². The molecule has 1 fully saturated rings. The summed E-state index contributed by atoms with van der Waals surface area (Å²) in [6, 6.07) is 0. The molecule has 1 aliphatic heterocycles. The predicted molar refractivity (Wildman–Crippen MR) is 62.6 cm³/mol. The largest absolute Gasteiger partial charge is 0.481 e. The molecule has 0 aromatic heterocycles. The first-order chi connectivity index (χ1) is 7.92. The van der Waals surface area contributed by atoms with Crippen molar-refractivity contribution in [2.75, 3.05) is 19.8 Å². The zero-order valence-electron chi connectivity index (χ0n) is 10.5. The molecule has 5 heteroatoms. The van der Waals surface area contributed by atoms with Gasteiger partial charge in [0, 0.05) is 26.2 Å². The summed E-state index contributed by atoms with van der Waals surface area (Å²) in [5.74, 6) is -0.591. The molecule has 0 atom stereocenters. The molecule has 0 aromatic rings. The average molecular weight is 243 g/mol. The van der Waals surface area contributed by atoms with Crippen molar-refractivity contribution < 1.29 is 19.4 Å². The van der Waals surface area contributed by atoms with Crippen LogP contribution >= 0.6 is 0 Å². The molecule has 0 bridgehead atoms. The second-order valence-electron chi connectivity index (χ2n) is 5.23. The van der Waals surface area contributed by atoms with E-state index in [2.05, 4.69) is 5.32 Å². The standard InChI is InChI=1S/C12H21NO4/c1-12(2,11(15)16)8-13-10(14)7-9-3-5-17-6-4-9/h9H,3-8H2,1-2H3,(H,13,14)(H,15,16). The lowest BCUT2D eigenvalue weighted by molar-refractivity contribution is -0.146. The van der Waals surface area contributed by atoms with Crippen LogP contribution in [0.1, 0.15) is 33.1 Å². The fourth-order valence-corrected chi connectivity index (χ4v) is 1.68. The third kappa shape index (κ3) is 4.73. The van der Waals surface area contributed by atoms with Crippen LogP contribution < -0.4 is 5.32 Å². The molecule has 5 nitrogen and oxygen atoms in total. The molecule has 98 valence electrons. The van der Waals surface area contributed by atoms with E-state index in [1.54, 1.807) is 13.8 Å². The highest BCUT2D eigenvalue weighted by molar-refractivity contribution is 5.78. The quantitative estimate of drug-likeness (QED) is 0.756. The van der Waals surface area contributed by atoms with Crippen molar-refractivity contribution in [2.45, 2.75) is 33.1 Å². The van der Waals surface area contributed by atoms with E-state index in [0.717, 1.165) is 26.1 Å². The maximum Gasteiger partial charge on any atom is 0.310 e. The van der Waals surface area contributed by atoms with Gasteiger partial charge in [-0.1, -0.05) is 0 Å². The van der Waals surface area contributed by atoms with E-state index in [0.29, 0.717) is 12.3 Å². The number of aliphatic carboxylic acids is 1. The minimum atomic E-state index is -0.911. The molecular weight excluding hydrogens is 222 g/mol. The second kappa shape index (κ2) is 6.00. The fraction of sp³-hybridized carbons (Fsp3) is 0.833. The Morgan fingerprint density at radius 1 is 1.35 bits per heavy atom. The summed E-state index contributed by atoms with van der Waals surface area (Å²) in [5, 5.41) is 11.6. The van der Waals surface area contributed by atoms with Crippen molar-refractivity contribution in [3.8, 4) is 0 Å². The minimum Gasteiger partial charge on any atom is -0.481 e. The Balaban J connectivity index is 2.27. The molecule has 1 saturated heterocycles. The van der Waals surface area contributed by atoms with E-state index in [-0.39, 0.29) is 12.5 Å². The predicted octanol–water partition coefficient (Wildman–Crippen LogP) is 1.03. The van der Waals surface area contributed by atoms with Crippen molar-refractivity contribution in [1.82, 2.24) is 5.32 Å². The van der Waals surface area contributed by atoms with Gasteiger partial charge in [-0.25, -0.2) is 0 Å². The normalized spacial score (nSPS) is 17.8. The minimum absolute atomic E-state index is 0.0637. The molecule has 17 heavy (non-hydrogen) atoms. The second-order valence-corrected chi connectivity index (χ2v) is 5.23. The van der Waals surface area contributed by atoms with Gasteiger partial charge in [0.1, 0.15) is 0 Å². The lowest BCUT2D eigenvalue weighted by atomic mass is 9.93. The number of amides is 1. The van der Waals surface area contributed by atoms with Crippen molar-refractivity contribution in [2.24, 2.45) is 11.3 Å². The average Bonchev–Trinajstić information content (AvgIpc) is 2.28. The Morgan fingerprint density at radius 3 is 2.47 bits per heavy atom. The summed E-state index contributed by atoms with van der Waals surface area (Å²) in [6.07, 6.45) is 2.30. The van der Waals surface area contributed by atoms with E-state index in [4.69, 9.17) is 9.84 Å². The molecule has 0 spiro atoms. The topological polar surface area (TPSA) is 75.6 Å². The smallest absolute Gasteiger partial charge is 0.310 e. The van der Waals surface area contributed by atoms with E-state index < -0.39 is 11.4 Å². The van der Waals surface area contributed by atoms with Gasteiger partial charge < -0.3 is 15.2 Å². The van der Waals surface area contributed by atoms with E-state index in [1.807, 2.05) is 0 Å². The fourth-order valence-electron chi connectivity index (χ4n) is 1.68. The van der Waals surface area contributed by atoms with Crippen LogP contribution in [-0.2, 0) is 14.3 Å². The van der Waals surface area contributed by atoms with Gasteiger partial charge in [-0.3, -0.25) is 9.59 Å². The Labute approximate surface area is 102 Å². The summed E-state index contributed by atoms with van der Waals surface area (Å²) in [4.78, 5) is 22.5. The van der Waals surface area contributed by atoms with Crippen LogP contribution in [0.2, 0.25) is 0 Å². The number of carboxylic acids is 1. The molecule has 1 amide bonds. The molecule has 0 saturated carbocycles. The summed E-state index contributed by atoms with van der Waals surface area (Å²) in [6.45, 7) is 4.82. The van der Waals surface area contributed by atoms with Crippen molar-refractivity contribution >= 4 is 11.9 Å². The van der Waals surface area contributed by atoms with Gasteiger partial charge in [0.2, 0.25) is 5.91 Å². The molecule has 0 aliphatic carbocycles. The number of rotatable bonds is 5. The summed E-state index contributed by atoms with van der Waals surface area (Å²) >= 11 is 0. The van der Waals surface area contributed by atoms with Crippen LogP contribution in [-0.4, -0.2) is 36.7 Å². The Bertz CT molecular complexity index is 282. The molecule has 2 N–H and O–H groups in total. The van der Waals surface area contributed by atoms with Crippen molar-refractivity contribution in [1.29, 1.82) is 0 Å². The molecule has 0 unspecified atom stereocenters. The summed E-state index contributed by atoms with van der Waals surface area (Å²) in [5.41, 5.74) is -0.911. The van der Waals surface area contributed by atoms with E-state index >= 15 is 0 Å². The first kappa shape index (κ1) is 14.0. The number of ether oxygens (including phenoxy) is 1. The lowest BCUT2D eigenvalue weighted by Gasteiger charge is -2.23. The first-order valence-electron chi connectivity index (χ1n) is 5.99. The Morgan fingerprint density at radius 2 is 1.94 bits per heavy atom. The lowest BCUT2D eigenvalue weighted by Crippen LogP contribution is -2.39. The highest BCUT2D eigenvalue weighted by Crippen LogP contribution is 2.18. The van der Waals surface area contributed by atoms with Crippen molar-refractivity contribution in [3.05, 3.63) is 0 Å². The van der Waals surface area contributed by atoms with Crippen LogP contribution in [0.15, 0.2) is 0 Å². The van der Waals surface area contributed by atoms with E-state index in [9.17, 15) is 9.59 Å². The molecule has 1 aliphatic rings. The SMILES string of the molecule is CC(C)(CNC(=O)CC1CCOCC1)C(=O)O. The summed E-state index contributed by atoms with van der Waals surface area (Å²) < 4.78 is 5.22. The first-order valence-corrected chi connectivity index (χ1v) is 5.99.